The van der Waals surface area contributed by atoms with Gasteiger partial charge in [0.25, 0.3) is 0 Å². The zero-order chi connectivity index (χ0) is 15.6. The lowest BCUT2D eigenvalue weighted by Gasteiger charge is -2.38. The molecule has 2 atom stereocenters. The third-order valence-corrected chi connectivity index (χ3v) is 3.65. The molecule has 0 bridgehead atoms. The number of carbonyl (C=O) groups is 2. The molecule has 0 saturated carbocycles. The molecular formula is C14H16F2N2O3. The number of carboxylic acid groups (broad SMARTS) is 1. The van der Waals surface area contributed by atoms with Crippen molar-refractivity contribution in [3.63, 3.8) is 0 Å². The molecule has 1 fully saturated rings. The first-order valence-corrected chi connectivity index (χ1v) is 6.60. The van der Waals surface area contributed by atoms with Crippen LogP contribution in [0.25, 0.3) is 0 Å². The summed E-state index contributed by atoms with van der Waals surface area (Å²) < 4.78 is 26.8. The Balaban J connectivity index is 2.27. The van der Waals surface area contributed by atoms with Crippen molar-refractivity contribution in [3.05, 3.63) is 35.4 Å². The van der Waals surface area contributed by atoms with Crippen molar-refractivity contribution >= 4 is 11.9 Å². The van der Waals surface area contributed by atoms with Gasteiger partial charge in [0, 0.05) is 30.8 Å². The van der Waals surface area contributed by atoms with Crippen LogP contribution in [0.5, 0.6) is 0 Å². The molecule has 1 aliphatic rings. The molecule has 0 spiro atoms. The molecule has 2 rings (SSSR count). The van der Waals surface area contributed by atoms with Crippen molar-refractivity contribution in [1.29, 1.82) is 0 Å². The highest BCUT2D eigenvalue weighted by Crippen LogP contribution is 2.27. The number of hydrogen-bond donors (Lipinski definition) is 2. The predicted molar refractivity (Wildman–Crippen MR) is 70.5 cm³/mol. The topological polar surface area (TPSA) is 69.6 Å². The van der Waals surface area contributed by atoms with E-state index in [1.807, 2.05) is 0 Å². The summed E-state index contributed by atoms with van der Waals surface area (Å²) in [7, 11) is 0. The Morgan fingerprint density at radius 1 is 1.52 bits per heavy atom. The standard InChI is InChI=1S/C14H16F2N2O3/c1-8(10-3-2-9(15)6-11(10)16)18-5-4-17-14(21)12(18)7-13(19)20/h2-3,6,8,12H,4-5,7H2,1H3,(H,17,21)(H,19,20). The molecule has 2 N–H and O–H groups in total. The molecule has 1 amide bonds. The summed E-state index contributed by atoms with van der Waals surface area (Å²) in [6.07, 6.45) is -0.362. The zero-order valence-electron chi connectivity index (χ0n) is 11.5. The summed E-state index contributed by atoms with van der Waals surface area (Å²) in [6.45, 7) is 2.44. The average molecular weight is 298 g/mol. The van der Waals surface area contributed by atoms with E-state index < -0.39 is 35.6 Å². The largest absolute Gasteiger partial charge is 0.481 e. The van der Waals surface area contributed by atoms with Crippen LogP contribution in [0.1, 0.15) is 24.9 Å². The molecule has 1 aliphatic heterocycles. The summed E-state index contributed by atoms with van der Waals surface area (Å²) in [6, 6.07) is 1.85. The quantitative estimate of drug-likeness (QED) is 0.879. The number of rotatable bonds is 4. The van der Waals surface area contributed by atoms with E-state index in [4.69, 9.17) is 5.11 Å². The van der Waals surface area contributed by atoms with Crippen molar-refractivity contribution in [2.24, 2.45) is 0 Å². The maximum atomic E-state index is 13.9. The zero-order valence-corrected chi connectivity index (χ0v) is 11.5. The average Bonchev–Trinajstić information content (AvgIpc) is 2.40. The number of hydrogen-bond acceptors (Lipinski definition) is 3. The van der Waals surface area contributed by atoms with Crippen molar-refractivity contribution < 1.29 is 23.5 Å². The number of carbonyl (C=O) groups excluding carboxylic acids is 1. The van der Waals surface area contributed by atoms with E-state index in [1.165, 1.54) is 6.07 Å². The minimum Gasteiger partial charge on any atom is -0.481 e. The summed E-state index contributed by atoms with van der Waals surface area (Å²) in [5, 5.41) is 11.5. The van der Waals surface area contributed by atoms with Crippen molar-refractivity contribution in [2.45, 2.75) is 25.4 Å². The predicted octanol–water partition coefficient (Wildman–Crippen LogP) is 1.30. The fraction of sp³-hybridized carbons (Fsp3) is 0.429. The normalized spacial score (nSPS) is 20.9. The highest BCUT2D eigenvalue weighted by Gasteiger charge is 2.35. The molecule has 21 heavy (non-hydrogen) atoms. The van der Waals surface area contributed by atoms with E-state index in [0.29, 0.717) is 13.1 Å². The van der Waals surface area contributed by atoms with E-state index in [-0.39, 0.29) is 12.0 Å². The van der Waals surface area contributed by atoms with Gasteiger partial charge in [0.1, 0.15) is 17.7 Å². The van der Waals surface area contributed by atoms with Gasteiger partial charge in [0.2, 0.25) is 5.91 Å². The van der Waals surface area contributed by atoms with E-state index in [9.17, 15) is 18.4 Å². The van der Waals surface area contributed by atoms with Crippen LogP contribution in [0.15, 0.2) is 18.2 Å². The molecular weight excluding hydrogens is 282 g/mol. The van der Waals surface area contributed by atoms with Crippen LogP contribution in [0.2, 0.25) is 0 Å². The Kier molecular flexibility index (Phi) is 4.52. The molecule has 7 heteroatoms. The maximum Gasteiger partial charge on any atom is 0.305 e. The second-order valence-electron chi connectivity index (χ2n) is 4.98. The van der Waals surface area contributed by atoms with Crippen LogP contribution in [-0.2, 0) is 9.59 Å². The van der Waals surface area contributed by atoms with Gasteiger partial charge in [-0.05, 0) is 13.0 Å². The molecule has 1 aromatic rings. The highest BCUT2D eigenvalue weighted by atomic mass is 19.1. The Morgan fingerprint density at radius 2 is 2.24 bits per heavy atom. The van der Waals surface area contributed by atoms with Gasteiger partial charge in [0.05, 0.1) is 6.42 Å². The summed E-state index contributed by atoms with van der Waals surface area (Å²) in [5.74, 6) is -2.88. The van der Waals surface area contributed by atoms with Gasteiger partial charge in [0.15, 0.2) is 0 Å². The molecule has 5 nitrogen and oxygen atoms in total. The molecule has 0 aliphatic carbocycles. The first-order valence-electron chi connectivity index (χ1n) is 6.60. The molecule has 2 unspecified atom stereocenters. The molecule has 1 heterocycles. The monoisotopic (exact) mass is 298 g/mol. The first kappa shape index (κ1) is 15.4. The van der Waals surface area contributed by atoms with Gasteiger partial charge in [-0.15, -0.1) is 0 Å². The summed E-state index contributed by atoms with van der Waals surface area (Å²) >= 11 is 0. The van der Waals surface area contributed by atoms with Gasteiger partial charge in [-0.2, -0.15) is 0 Å². The SMILES string of the molecule is CC(c1ccc(F)cc1F)N1CCNC(=O)C1CC(=O)O. The number of halogens is 2. The molecule has 114 valence electrons. The number of amides is 1. The third-order valence-electron chi connectivity index (χ3n) is 3.65. The van der Waals surface area contributed by atoms with E-state index in [2.05, 4.69) is 5.32 Å². The van der Waals surface area contributed by atoms with Gasteiger partial charge in [-0.25, -0.2) is 8.78 Å². The minimum absolute atomic E-state index is 0.237. The van der Waals surface area contributed by atoms with Crippen molar-refractivity contribution in [1.82, 2.24) is 10.2 Å². The number of nitrogens with zero attached hydrogens (tertiary/aromatic N) is 1. The Labute approximate surface area is 120 Å². The number of piperazine rings is 1. The van der Waals surface area contributed by atoms with E-state index >= 15 is 0 Å². The van der Waals surface area contributed by atoms with Crippen LogP contribution < -0.4 is 5.32 Å². The first-order chi connectivity index (χ1) is 9.90. The molecule has 1 aromatic carbocycles. The number of carboxylic acids is 1. The lowest BCUT2D eigenvalue weighted by molar-refractivity contribution is -0.143. The van der Waals surface area contributed by atoms with Crippen molar-refractivity contribution in [3.8, 4) is 0 Å². The van der Waals surface area contributed by atoms with E-state index in [0.717, 1.165) is 12.1 Å². The van der Waals surface area contributed by atoms with E-state index in [1.54, 1.807) is 11.8 Å². The minimum atomic E-state index is -1.10. The Hall–Kier alpha value is -2.02. The van der Waals surface area contributed by atoms with Crippen LogP contribution in [-0.4, -0.2) is 41.0 Å². The number of nitrogens with one attached hydrogen (secondary N) is 1. The second kappa shape index (κ2) is 6.17. The van der Waals surface area contributed by atoms with Crippen molar-refractivity contribution in [2.75, 3.05) is 13.1 Å². The maximum absolute atomic E-state index is 13.9. The fourth-order valence-electron chi connectivity index (χ4n) is 2.59. The molecule has 0 aromatic heterocycles. The number of aliphatic carboxylic acids is 1. The lowest BCUT2D eigenvalue weighted by Crippen LogP contribution is -2.56. The second-order valence-corrected chi connectivity index (χ2v) is 4.98. The van der Waals surface area contributed by atoms with Crippen LogP contribution in [0.4, 0.5) is 8.78 Å². The lowest BCUT2D eigenvalue weighted by atomic mass is 10.0. The smallest absolute Gasteiger partial charge is 0.305 e. The summed E-state index contributed by atoms with van der Waals surface area (Å²) in [4.78, 5) is 24.4. The summed E-state index contributed by atoms with van der Waals surface area (Å²) in [5.41, 5.74) is 0.237. The number of benzene rings is 1. The molecule has 0 radical (unpaired) electrons. The van der Waals surface area contributed by atoms with Crippen LogP contribution in [0.3, 0.4) is 0 Å². The van der Waals surface area contributed by atoms with Gasteiger partial charge >= 0.3 is 5.97 Å². The Morgan fingerprint density at radius 3 is 2.86 bits per heavy atom. The third kappa shape index (κ3) is 3.36. The van der Waals surface area contributed by atoms with Crippen LogP contribution >= 0.6 is 0 Å². The van der Waals surface area contributed by atoms with Gasteiger partial charge < -0.3 is 10.4 Å². The Bertz CT molecular complexity index is 565. The van der Waals surface area contributed by atoms with Crippen LogP contribution in [0, 0.1) is 11.6 Å². The highest BCUT2D eigenvalue weighted by molar-refractivity contribution is 5.86. The molecule has 1 saturated heterocycles. The van der Waals surface area contributed by atoms with Gasteiger partial charge in [-0.3, -0.25) is 14.5 Å². The fourth-order valence-corrected chi connectivity index (χ4v) is 2.59. The van der Waals surface area contributed by atoms with Gasteiger partial charge in [-0.1, -0.05) is 6.07 Å².